The molecule has 0 spiro atoms. The number of aliphatic hydroxyl groups is 1. The van der Waals surface area contributed by atoms with Crippen LogP contribution in [-0.2, 0) is 14.9 Å². The number of rotatable bonds is 10. The predicted octanol–water partition coefficient (Wildman–Crippen LogP) is 7.09. The quantitative estimate of drug-likeness (QED) is 0.177. The fourth-order valence-corrected chi connectivity index (χ4v) is 5.58. The van der Waals surface area contributed by atoms with Gasteiger partial charge < -0.3 is 25.0 Å². The van der Waals surface area contributed by atoms with E-state index in [-0.39, 0.29) is 11.3 Å². The summed E-state index contributed by atoms with van der Waals surface area (Å²) in [5.74, 6) is -1.84. The highest BCUT2D eigenvalue weighted by atomic mass is 32.1. The van der Waals surface area contributed by atoms with E-state index in [1.54, 1.807) is 12.1 Å². The average Bonchev–Trinajstić information content (AvgIpc) is 3.66. The van der Waals surface area contributed by atoms with E-state index < -0.39 is 40.7 Å². The normalized spacial score (nSPS) is 15.3. The second kappa shape index (κ2) is 11.0. The topological polar surface area (TPSA) is 88.0 Å². The number of carboxylic acid groups (broad SMARTS) is 1. The zero-order valence-electron chi connectivity index (χ0n) is 21.6. The molecule has 1 aliphatic rings. The lowest BCUT2D eigenvalue weighted by Crippen LogP contribution is -2.24. The average molecular weight is 570 g/mol. The van der Waals surface area contributed by atoms with Crippen molar-refractivity contribution < 1.29 is 37.7 Å². The Morgan fingerprint density at radius 1 is 1.00 bits per heavy atom. The first-order valence-electron chi connectivity index (χ1n) is 12.5. The molecule has 0 saturated heterocycles. The van der Waals surface area contributed by atoms with Crippen LogP contribution in [0.1, 0.15) is 37.0 Å². The van der Waals surface area contributed by atoms with Crippen molar-refractivity contribution in [3.63, 3.8) is 0 Å². The van der Waals surface area contributed by atoms with Crippen LogP contribution >= 0.6 is 11.3 Å². The number of nitrogens with one attached hydrogen (secondary N) is 1. The number of ether oxygens (including phenoxy) is 2. The Morgan fingerprint density at radius 2 is 1.70 bits per heavy atom. The summed E-state index contributed by atoms with van der Waals surface area (Å²) < 4.78 is 52.7. The molecule has 6 nitrogen and oxygen atoms in total. The number of benzene rings is 3. The lowest BCUT2D eigenvalue weighted by Gasteiger charge is -2.21. The van der Waals surface area contributed by atoms with Gasteiger partial charge >= 0.3 is 5.97 Å². The Labute approximate surface area is 232 Å². The van der Waals surface area contributed by atoms with Crippen LogP contribution in [-0.4, -0.2) is 29.7 Å². The molecule has 1 unspecified atom stereocenters. The minimum atomic E-state index is -1.62. The highest BCUT2D eigenvalue weighted by Gasteiger charge is 2.51. The molecule has 0 bridgehead atoms. The second-order valence-corrected chi connectivity index (χ2v) is 10.6. The fourth-order valence-electron chi connectivity index (χ4n) is 4.74. The van der Waals surface area contributed by atoms with Crippen LogP contribution in [0.4, 0.5) is 18.9 Å². The van der Waals surface area contributed by atoms with E-state index >= 15 is 0 Å². The molecule has 0 radical (unpaired) electrons. The van der Waals surface area contributed by atoms with Gasteiger partial charge in [-0.3, -0.25) is 4.79 Å². The van der Waals surface area contributed by atoms with Gasteiger partial charge in [0.2, 0.25) is 6.41 Å². The summed E-state index contributed by atoms with van der Waals surface area (Å²) in [5, 5.41) is 22.2. The SMILES string of the molecule is COc1cc(-c2sc(F)cc2NC(O)O[C@H](C)c2ccc(F)cc2F)ccc1-c1ccc(C2(C(=O)O)CC2)cc1. The number of halogens is 3. The minimum Gasteiger partial charge on any atom is -0.496 e. The number of aliphatic carboxylic acids is 1. The molecule has 208 valence electrons. The van der Waals surface area contributed by atoms with Crippen LogP contribution in [0.2, 0.25) is 0 Å². The molecule has 4 aromatic rings. The molecule has 1 saturated carbocycles. The molecule has 1 aromatic heterocycles. The van der Waals surface area contributed by atoms with Crippen LogP contribution in [0.15, 0.2) is 66.7 Å². The number of hydrogen-bond acceptors (Lipinski definition) is 6. The Balaban J connectivity index is 1.36. The Bertz CT molecular complexity index is 1550. The number of thiophene rings is 1. The van der Waals surface area contributed by atoms with Crippen molar-refractivity contribution in [2.24, 2.45) is 0 Å². The first kappa shape index (κ1) is 27.7. The van der Waals surface area contributed by atoms with E-state index in [4.69, 9.17) is 9.47 Å². The zero-order valence-corrected chi connectivity index (χ0v) is 22.4. The van der Waals surface area contributed by atoms with E-state index in [0.717, 1.165) is 40.2 Å². The maximum atomic E-state index is 14.4. The van der Waals surface area contributed by atoms with Gasteiger partial charge in [-0.1, -0.05) is 42.5 Å². The number of carbonyl (C=O) groups is 1. The monoisotopic (exact) mass is 569 g/mol. The number of carboxylic acids is 1. The third-order valence-corrected chi connectivity index (χ3v) is 8.06. The van der Waals surface area contributed by atoms with E-state index in [0.29, 0.717) is 29.0 Å². The van der Waals surface area contributed by atoms with Crippen LogP contribution < -0.4 is 10.1 Å². The molecule has 0 aliphatic heterocycles. The summed E-state index contributed by atoms with van der Waals surface area (Å²) in [6, 6.07) is 17.0. The van der Waals surface area contributed by atoms with Crippen molar-refractivity contribution in [2.45, 2.75) is 37.7 Å². The molecule has 3 N–H and O–H groups in total. The van der Waals surface area contributed by atoms with Crippen molar-refractivity contribution in [1.82, 2.24) is 0 Å². The Hall–Kier alpha value is -3.86. The lowest BCUT2D eigenvalue weighted by molar-refractivity contribution is -0.140. The largest absolute Gasteiger partial charge is 0.496 e. The standard InChI is InChI=1S/C30H26F3NO5S/c1-16(21-10-8-20(31)14-23(21)32)39-29(37)34-24-15-26(33)40-27(24)18-5-9-22(25(13-18)38-2)17-3-6-19(7-4-17)30(11-12-30)28(35)36/h3-10,13-16,29,34,37H,11-12H2,1-2H3,(H,35,36)/t16-,29?/m1/s1. The van der Waals surface area contributed by atoms with Crippen LogP contribution in [0.3, 0.4) is 0 Å². The number of hydrogen-bond donors (Lipinski definition) is 3. The van der Waals surface area contributed by atoms with Gasteiger partial charge in [0.1, 0.15) is 17.4 Å². The highest BCUT2D eigenvalue weighted by molar-refractivity contribution is 7.14. The van der Waals surface area contributed by atoms with Gasteiger partial charge in [0.25, 0.3) is 0 Å². The molecular weight excluding hydrogens is 543 g/mol. The number of aliphatic hydroxyl groups excluding tert-OH is 1. The van der Waals surface area contributed by atoms with E-state index in [9.17, 15) is 28.2 Å². The summed E-state index contributed by atoms with van der Waals surface area (Å²) >= 11 is 0.855. The molecule has 5 rings (SSSR count). The lowest BCUT2D eigenvalue weighted by atomic mass is 9.93. The third-order valence-electron chi connectivity index (χ3n) is 7.09. The molecule has 40 heavy (non-hydrogen) atoms. The Morgan fingerprint density at radius 3 is 2.33 bits per heavy atom. The maximum Gasteiger partial charge on any atom is 0.314 e. The summed E-state index contributed by atoms with van der Waals surface area (Å²) in [7, 11) is 1.52. The van der Waals surface area contributed by atoms with Crippen molar-refractivity contribution in [3.8, 4) is 27.3 Å². The minimum absolute atomic E-state index is 0.0580. The van der Waals surface area contributed by atoms with Gasteiger partial charge in [0.05, 0.1) is 29.2 Å². The van der Waals surface area contributed by atoms with Gasteiger partial charge in [-0.2, -0.15) is 4.39 Å². The van der Waals surface area contributed by atoms with Gasteiger partial charge in [-0.25, -0.2) is 8.78 Å². The van der Waals surface area contributed by atoms with E-state index in [2.05, 4.69) is 5.32 Å². The highest BCUT2D eigenvalue weighted by Crippen LogP contribution is 2.49. The van der Waals surface area contributed by atoms with Gasteiger partial charge in [0.15, 0.2) is 5.13 Å². The van der Waals surface area contributed by atoms with E-state index in [1.807, 2.05) is 30.3 Å². The molecule has 3 aromatic carbocycles. The van der Waals surface area contributed by atoms with Crippen LogP contribution in [0.5, 0.6) is 5.75 Å². The summed E-state index contributed by atoms with van der Waals surface area (Å²) in [6.45, 7) is 1.50. The molecule has 1 aliphatic carbocycles. The zero-order chi connectivity index (χ0) is 28.6. The first-order valence-corrected chi connectivity index (χ1v) is 13.3. The third kappa shape index (κ3) is 5.42. The smallest absolute Gasteiger partial charge is 0.314 e. The molecular formula is C30H26F3NO5S. The van der Waals surface area contributed by atoms with Crippen LogP contribution in [0, 0.1) is 16.8 Å². The van der Waals surface area contributed by atoms with Crippen molar-refractivity contribution >= 4 is 23.0 Å². The molecule has 2 atom stereocenters. The van der Waals surface area contributed by atoms with Crippen molar-refractivity contribution in [1.29, 1.82) is 0 Å². The van der Waals surface area contributed by atoms with Crippen molar-refractivity contribution in [2.75, 3.05) is 12.4 Å². The summed E-state index contributed by atoms with van der Waals surface area (Å²) in [6.07, 6.45) is -1.30. The number of methoxy groups -OCH3 is 1. The van der Waals surface area contributed by atoms with Crippen molar-refractivity contribution in [3.05, 3.63) is 94.6 Å². The summed E-state index contributed by atoms with van der Waals surface area (Å²) in [5.41, 5.74) is 2.49. The fraction of sp³-hybridized carbons (Fsp3) is 0.233. The van der Waals surface area contributed by atoms with Gasteiger partial charge in [-0.05, 0) is 48.6 Å². The molecule has 1 heterocycles. The first-order chi connectivity index (χ1) is 19.1. The summed E-state index contributed by atoms with van der Waals surface area (Å²) in [4.78, 5) is 12.1. The second-order valence-electron chi connectivity index (χ2n) is 9.61. The predicted molar refractivity (Wildman–Crippen MR) is 146 cm³/mol. The number of anilines is 1. The maximum absolute atomic E-state index is 14.4. The van der Waals surface area contributed by atoms with Gasteiger partial charge in [-0.15, -0.1) is 11.3 Å². The van der Waals surface area contributed by atoms with E-state index in [1.165, 1.54) is 26.2 Å². The molecule has 1 fully saturated rings. The van der Waals surface area contributed by atoms with Gasteiger partial charge in [0, 0.05) is 23.3 Å². The molecule has 10 heteroatoms. The molecule has 0 amide bonds. The Kier molecular flexibility index (Phi) is 7.59. The van der Waals surface area contributed by atoms with Crippen LogP contribution in [0.25, 0.3) is 21.6 Å².